The molecule has 0 saturated heterocycles. The van der Waals surface area contributed by atoms with Crippen LogP contribution in [0.1, 0.15) is 5.56 Å². The number of hydrogen-bond acceptors (Lipinski definition) is 4. The first-order valence-corrected chi connectivity index (χ1v) is 5.95. The van der Waals surface area contributed by atoms with Gasteiger partial charge in [0.1, 0.15) is 5.69 Å². The van der Waals surface area contributed by atoms with Crippen molar-refractivity contribution in [3.8, 4) is 23.0 Å². The zero-order valence-electron chi connectivity index (χ0n) is 10.8. The van der Waals surface area contributed by atoms with E-state index in [9.17, 15) is 13.2 Å². The number of aromatic nitrogens is 4. The number of alkyl halides is 3. The summed E-state index contributed by atoms with van der Waals surface area (Å²) >= 11 is 0. The molecule has 0 aliphatic heterocycles. The van der Waals surface area contributed by atoms with Crippen molar-refractivity contribution < 1.29 is 17.7 Å². The van der Waals surface area contributed by atoms with E-state index in [0.29, 0.717) is 11.3 Å². The number of aryl methyl sites for hydroxylation is 1. The lowest BCUT2D eigenvalue weighted by Crippen LogP contribution is -2.04. The molecule has 2 heterocycles. The summed E-state index contributed by atoms with van der Waals surface area (Å²) in [5, 5.41) is 7.74. The van der Waals surface area contributed by atoms with Gasteiger partial charge in [-0.05, 0) is 18.2 Å². The maximum atomic E-state index is 12.5. The first kappa shape index (κ1) is 13.3. The van der Waals surface area contributed by atoms with E-state index in [-0.39, 0.29) is 11.7 Å². The van der Waals surface area contributed by atoms with Crippen LogP contribution < -0.4 is 0 Å². The van der Waals surface area contributed by atoms with Crippen LogP contribution in [0, 0.1) is 0 Å². The van der Waals surface area contributed by atoms with E-state index >= 15 is 0 Å². The highest BCUT2D eigenvalue weighted by molar-refractivity contribution is 5.58. The second-order valence-corrected chi connectivity index (χ2v) is 4.34. The Kier molecular flexibility index (Phi) is 3.00. The Labute approximate surface area is 117 Å². The van der Waals surface area contributed by atoms with Crippen molar-refractivity contribution in [1.82, 2.24) is 19.9 Å². The predicted octanol–water partition coefficient (Wildman–Crippen LogP) is 3.16. The molecule has 0 aliphatic carbocycles. The van der Waals surface area contributed by atoms with Crippen molar-refractivity contribution in [1.29, 1.82) is 0 Å². The Morgan fingerprint density at radius 1 is 1.10 bits per heavy atom. The quantitative estimate of drug-likeness (QED) is 0.728. The van der Waals surface area contributed by atoms with Crippen molar-refractivity contribution in [3.05, 3.63) is 42.1 Å². The molecule has 2 aromatic heterocycles. The van der Waals surface area contributed by atoms with E-state index < -0.39 is 11.7 Å². The molecular weight excluding hydrogens is 285 g/mol. The third-order valence-corrected chi connectivity index (χ3v) is 2.94. The van der Waals surface area contributed by atoms with Crippen LogP contribution in [0.15, 0.2) is 41.1 Å². The van der Waals surface area contributed by atoms with Crippen molar-refractivity contribution in [3.63, 3.8) is 0 Å². The molecule has 0 unspecified atom stereocenters. The van der Waals surface area contributed by atoms with E-state index in [1.807, 2.05) is 0 Å². The minimum atomic E-state index is -4.37. The molecule has 1 aromatic carbocycles. The third-order valence-electron chi connectivity index (χ3n) is 2.94. The monoisotopic (exact) mass is 294 g/mol. The van der Waals surface area contributed by atoms with Crippen LogP contribution in [0.2, 0.25) is 0 Å². The molecule has 8 heteroatoms. The molecule has 0 atom stereocenters. The van der Waals surface area contributed by atoms with Gasteiger partial charge in [0.05, 0.1) is 5.56 Å². The van der Waals surface area contributed by atoms with Crippen molar-refractivity contribution >= 4 is 0 Å². The zero-order valence-corrected chi connectivity index (χ0v) is 10.8. The van der Waals surface area contributed by atoms with Gasteiger partial charge in [-0.1, -0.05) is 17.3 Å². The molecule has 5 nitrogen and oxygen atoms in total. The highest BCUT2D eigenvalue weighted by atomic mass is 19.4. The summed E-state index contributed by atoms with van der Waals surface area (Å²) in [5.74, 6) is 0.477. The number of benzene rings is 1. The van der Waals surface area contributed by atoms with Gasteiger partial charge in [0, 0.05) is 18.8 Å². The van der Waals surface area contributed by atoms with Gasteiger partial charge < -0.3 is 4.52 Å². The number of halogens is 3. The molecule has 3 aromatic rings. The summed E-state index contributed by atoms with van der Waals surface area (Å²) in [7, 11) is 1.72. The fourth-order valence-electron chi connectivity index (χ4n) is 1.84. The third kappa shape index (κ3) is 2.51. The Balaban J connectivity index is 1.92. The summed E-state index contributed by atoms with van der Waals surface area (Å²) < 4.78 is 44.1. The van der Waals surface area contributed by atoms with E-state index in [4.69, 9.17) is 4.52 Å². The Morgan fingerprint density at radius 3 is 2.38 bits per heavy atom. The fourth-order valence-corrected chi connectivity index (χ4v) is 1.84. The van der Waals surface area contributed by atoms with Gasteiger partial charge in [0.15, 0.2) is 0 Å². The molecule has 0 bridgehead atoms. The van der Waals surface area contributed by atoms with Gasteiger partial charge >= 0.3 is 6.18 Å². The van der Waals surface area contributed by atoms with Crippen LogP contribution in [-0.2, 0) is 13.2 Å². The molecule has 108 valence electrons. The largest absolute Gasteiger partial charge is 0.416 e. The van der Waals surface area contributed by atoms with Crippen molar-refractivity contribution in [2.75, 3.05) is 0 Å². The van der Waals surface area contributed by atoms with E-state index in [0.717, 1.165) is 12.1 Å². The topological polar surface area (TPSA) is 56.7 Å². The van der Waals surface area contributed by atoms with Gasteiger partial charge in [-0.2, -0.15) is 23.3 Å². The van der Waals surface area contributed by atoms with Gasteiger partial charge in [-0.15, -0.1) is 0 Å². The molecular formula is C13H9F3N4O. The average Bonchev–Trinajstić information content (AvgIpc) is 3.06. The van der Waals surface area contributed by atoms with Gasteiger partial charge in [0.25, 0.3) is 5.89 Å². The van der Waals surface area contributed by atoms with Crippen LogP contribution in [0.5, 0.6) is 0 Å². The minimum Gasteiger partial charge on any atom is -0.332 e. The molecule has 0 aliphatic rings. The predicted molar refractivity (Wildman–Crippen MR) is 66.9 cm³/mol. The minimum absolute atomic E-state index is 0.222. The molecule has 0 saturated carbocycles. The molecule has 0 fully saturated rings. The Hall–Kier alpha value is -2.64. The highest BCUT2D eigenvalue weighted by Gasteiger charge is 2.30. The van der Waals surface area contributed by atoms with E-state index in [2.05, 4.69) is 15.2 Å². The van der Waals surface area contributed by atoms with Gasteiger partial charge in [-0.25, -0.2) is 0 Å². The van der Waals surface area contributed by atoms with Gasteiger partial charge in [-0.3, -0.25) is 4.68 Å². The van der Waals surface area contributed by atoms with E-state index in [1.165, 1.54) is 12.1 Å². The second kappa shape index (κ2) is 4.72. The van der Waals surface area contributed by atoms with Crippen LogP contribution in [0.3, 0.4) is 0 Å². The molecule has 0 spiro atoms. The van der Waals surface area contributed by atoms with Crippen LogP contribution in [0.4, 0.5) is 13.2 Å². The maximum Gasteiger partial charge on any atom is 0.416 e. The van der Waals surface area contributed by atoms with Crippen LogP contribution >= 0.6 is 0 Å². The Morgan fingerprint density at radius 2 is 1.81 bits per heavy atom. The zero-order chi connectivity index (χ0) is 15.0. The number of rotatable bonds is 2. The smallest absolute Gasteiger partial charge is 0.332 e. The fraction of sp³-hybridized carbons (Fsp3) is 0.154. The molecule has 0 N–H and O–H groups in total. The van der Waals surface area contributed by atoms with Crippen molar-refractivity contribution in [2.45, 2.75) is 6.18 Å². The Bertz CT molecular complexity index is 758. The first-order valence-electron chi connectivity index (χ1n) is 5.95. The average molecular weight is 294 g/mol. The van der Waals surface area contributed by atoms with Crippen LogP contribution in [0.25, 0.3) is 23.0 Å². The molecule has 21 heavy (non-hydrogen) atoms. The summed E-state index contributed by atoms with van der Waals surface area (Å²) in [6, 6.07) is 6.27. The van der Waals surface area contributed by atoms with Gasteiger partial charge in [0.2, 0.25) is 5.82 Å². The maximum absolute atomic E-state index is 12.5. The highest BCUT2D eigenvalue weighted by Crippen LogP contribution is 2.30. The summed E-state index contributed by atoms with van der Waals surface area (Å²) in [4.78, 5) is 4.16. The first-order chi connectivity index (χ1) is 9.95. The number of hydrogen-bond donors (Lipinski definition) is 0. The number of nitrogens with zero attached hydrogens (tertiary/aromatic N) is 4. The lowest BCUT2D eigenvalue weighted by molar-refractivity contribution is -0.137. The summed E-state index contributed by atoms with van der Waals surface area (Å²) in [6.07, 6.45) is -2.78. The van der Waals surface area contributed by atoms with Crippen molar-refractivity contribution in [2.24, 2.45) is 7.05 Å². The lowest BCUT2D eigenvalue weighted by atomic mass is 10.1. The molecule has 0 amide bonds. The second-order valence-electron chi connectivity index (χ2n) is 4.34. The van der Waals surface area contributed by atoms with Crippen LogP contribution in [-0.4, -0.2) is 19.9 Å². The lowest BCUT2D eigenvalue weighted by Gasteiger charge is -2.05. The standard InChI is InChI=1S/C13H9F3N4O/c1-20-10(6-7-17-20)12-18-11(19-21-12)8-2-4-9(5-3-8)13(14,15)16/h2-7H,1H3. The normalized spacial score (nSPS) is 11.8. The van der Waals surface area contributed by atoms with E-state index in [1.54, 1.807) is 24.0 Å². The molecule has 0 radical (unpaired) electrons. The summed E-state index contributed by atoms with van der Waals surface area (Å²) in [5.41, 5.74) is 0.349. The SMILES string of the molecule is Cn1nccc1-c1nc(-c2ccc(C(F)(F)F)cc2)no1. The molecule has 3 rings (SSSR count). The summed E-state index contributed by atoms with van der Waals surface area (Å²) in [6.45, 7) is 0.